The highest BCUT2D eigenvalue weighted by Crippen LogP contribution is 2.18. The van der Waals surface area contributed by atoms with E-state index in [0.29, 0.717) is 6.42 Å². The van der Waals surface area contributed by atoms with Gasteiger partial charge in [0.05, 0.1) is 18.8 Å². The van der Waals surface area contributed by atoms with Gasteiger partial charge in [-0.3, -0.25) is 4.79 Å². The molecule has 2 unspecified atom stereocenters. The number of allylic oxidation sites excluding steroid dienone is 11. The first-order valence-electron chi connectivity index (χ1n) is 34.2. The van der Waals surface area contributed by atoms with Crippen molar-refractivity contribution in [2.75, 3.05) is 6.61 Å². The molecule has 0 aliphatic carbocycles. The monoisotopic (exact) mass is 1060 g/mol. The molecule has 3 N–H and O–H groups in total. The van der Waals surface area contributed by atoms with Crippen molar-refractivity contribution in [3.8, 4) is 0 Å². The maximum atomic E-state index is 12.5. The van der Waals surface area contributed by atoms with Crippen molar-refractivity contribution in [1.82, 2.24) is 5.32 Å². The number of hydrogen-bond acceptors (Lipinski definition) is 3. The van der Waals surface area contributed by atoms with Crippen LogP contribution >= 0.6 is 0 Å². The number of amides is 1. The van der Waals surface area contributed by atoms with Gasteiger partial charge in [-0.05, 0) is 83.5 Å². The first-order valence-corrected chi connectivity index (χ1v) is 34.2. The first kappa shape index (κ1) is 73.8. The van der Waals surface area contributed by atoms with E-state index < -0.39 is 12.1 Å². The zero-order valence-electron chi connectivity index (χ0n) is 51.3. The van der Waals surface area contributed by atoms with Crippen LogP contribution in [0.1, 0.15) is 361 Å². The van der Waals surface area contributed by atoms with Gasteiger partial charge >= 0.3 is 0 Å². The van der Waals surface area contributed by atoms with Crippen LogP contribution in [-0.2, 0) is 4.79 Å². The van der Waals surface area contributed by atoms with E-state index in [0.717, 1.165) is 51.4 Å². The molecule has 4 nitrogen and oxygen atoms in total. The highest BCUT2D eigenvalue weighted by Gasteiger charge is 2.18. The average molecular weight is 1060 g/mol. The SMILES string of the molecule is CCCCCCC/C=C\C/C=C\C/C=C\CCCCCCCCCCCCCCCCCCCCCCCCC(=O)NC(CO)C(O)/C=C/CC/C=C/CC/C=C/CCCCCCCCCCCCCCCCCCC. The van der Waals surface area contributed by atoms with Crippen LogP contribution in [0, 0.1) is 0 Å². The number of rotatable bonds is 63. The Morgan fingerprint density at radius 1 is 0.316 bits per heavy atom. The molecule has 0 aromatic carbocycles. The van der Waals surface area contributed by atoms with E-state index in [-0.39, 0.29) is 12.5 Å². The lowest BCUT2D eigenvalue weighted by Crippen LogP contribution is -2.45. The molecule has 0 aliphatic rings. The maximum Gasteiger partial charge on any atom is 0.220 e. The van der Waals surface area contributed by atoms with Crippen molar-refractivity contribution in [2.24, 2.45) is 0 Å². The number of carbonyl (C=O) groups excluding carboxylic acids is 1. The highest BCUT2D eigenvalue weighted by molar-refractivity contribution is 5.76. The van der Waals surface area contributed by atoms with Crippen LogP contribution < -0.4 is 5.32 Å². The molecule has 0 heterocycles. The van der Waals surface area contributed by atoms with E-state index in [2.05, 4.69) is 79.9 Å². The fraction of sp³-hybridized carbons (Fsp3) is 0.819. The predicted octanol–water partition coefficient (Wildman–Crippen LogP) is 23.3. The minimum Gasteiger partial charge on any atom is -0.394 e. The van der Waals surface area contributed by atoms with Crippen LogP contribution in [0.15, 0.2) is 72.9 Å². The van der Waals surface area contributed by atoms with Crippen molar-refractivity contribution >= 4 is 5.91 Å². The molecule has 0 aromatic heterocycles. The third-order valence-corrected chi connectivity index (χ3v) is 15.6. The van der Waals surface area contributed by atoms with Gasteiger partial charge in [-0.25, -0.2) is 0 Å². The van der Waals surface area contributed by atoms with Crippen LogP contribution in [0.2, 0.25) is 0 Å². The van der Waals surface area contributed by atoms with Gasteiger partial charge in [-0.2, -0.15) is 0 Å². The molecule has 0 radical (unpaired) electrons. The fourth-order valence-corrected chi connectivity index (χ4v) is 10.5. The predicted molar refractivity (Wildman–Crippen MR) is 341 cm³/mol. The molecule has 0 bridgehead atoms. The Morgan fingerprint density at radius 3 is 0.855 bits per heavy atom. The topological polar surface area (TPSA) is 69.6 Å². The second-order valence-corrected chi connectivity index (χ2v) is 23.2. The number of aliphatic hydroxyl groups excluding tert-OH is 2. The third kappa shape index (κ3) is 62.7. The van der Waals surface area contributed by atoms with Crippen molar-refractivity contribution < 1.29 is 15.0 Å². The van der Waals surface area contributed by atoms with Gasteiger partial charge in [0.15, 0.2) is 0 Å². The molecule has 0 rings (SSSR count). The molecule has 0 fully saturated rings. The molecule has 4 heteroatoms. The van der Waals surface area contributed by atoms with Gasteiger partial charge < -0.3 is 15.5 Å². The largest absolute Gasteiger partial charge is 0.394 e. The Kier molecular flexibility index (Phi) is 65.2. The Balaban J connectivity index is 3.48. The Morgan fingerprint density at radius 2 is 0.553 bits per heavy atom. The summed E-state index contributed by atoms with van der Waals surface area (Å²) >= 11 is 0. The molecular weight excluding hydrogens is 927 g/mol. The maximum absolute atomic E-state index is 12.5. The summed E-state index contributed by atoms with van der Waals surface area (Å²) in [5.74, 6) is -0.0730. The summed E-state index contributed by atoms with van der Waals surface area (Å²) in [4.78, 5) is 12.5. The van der Waals surface area contributed by atoms with E-state index in [9.17, 15) is 15.0 Å². The van der Waals surface area contributed by atoms with E-state index >= 15 is 0 Å². The molecular formula is C72H133NO3. The van der Waals surface area contributed by atoms with Crippen LogP contribution in [0.5, 0.6) is 0 Å². The van der Waals surface area contributed by atoms with Crippen LogP contribution in [0.25, 0.3) is 0 Å². The lowest BCUT2D eigenvalue weighted by Gasteiger charge is -2.19. The van der Waals surface area contributed by atoms with Crippen LogP contribution in [-0.4, -0.2) is 34.9 Å². The Labute approximate surface area is 476 Å². The quantitative estimate of drug-likeness (QED) is 0.0420. The third-order valence-electron chi connectivity index (χ3n) is 15.6. The Bertz CT molecular complexity index is 1290. The fourth-order valence-electron chi connectivity index (χ4n) is 10.5. The number of unbranched alkanes of at least 4 members (excludes halogenated alkanes) is 46. The van der Waals surface area contributed by atoms with Gasteiger partial charge in [-0.15, -0.1) is 0 Å². The lowest BCUT2D eigenvalue weighted by atomic mass is 10.0. The second kappa shape index (κ2) is 67.1. The smallest absolute Gasteiger partial charge is 0.220 e. The molecule has 2 atom stereocenters. The van der Waals surface area contributed by atoms with Crippen molar-refractivity contribution in [3.63, 3.8) is 0 Å². The summed E-state index contributed by atoms with van der Waals surface area (Å²) < 4.78 is 0. The van der Waals surface area contributed by atoms with Crippen LogP contribution in [0.4, 0.5) is 0 Å². The van der Waals surface area contributed by atoms with Crippen molar-refractivity contribution in [3.05, 3.63) is 72.9 Å². The van der Waals surface area contributed by atoms with Crippen molar-refractivity contribution in [2.45, 2.75) is 373 Å². The van der Waals surface area contributed by atoms with Crippen molar-refractivity contribution in [1.29, 1.82) is 0 Å². The van der Waals surface area contributed by atoms with E-state index in [1.807, 2.05) is 6.08 Å². The summed E-state index contributed by atoms with van der Waals surface area (Å²) in [7, 11) is 0. The molecule has 0 spiro atoms. The first-order chi connectivity index (χ1) is 37.7. The molecule has 0 aromatic rings. The molecule has 1 amide bonds. The second-order valence-electron chi connectivity index (χ2n) is 23.2. The summed E-state index contributed by atoms with van der Waals surface area (Å²) in [6, 6.07) is -0.648. The van der Waals surface area contributed by atoms with Gasteiger partial charge in [0.25, 0.3) is 0 Å². The van der Waals surface area contributed by atoms with Gasteiger partial charge in [0.2, 0.25) is 5.91 Å². The molecule has 76 heavy (non-hydrogen) atoms. The number of nitrogens with one attached hydrogen (secondary N) is 1. The molecule has 0 saturated carbocycles. The summed E-state index contributed by atoms with van der Waals surface area (Å²) in [5, 5.41) is 23.2. The average Bonchev–Trinajstić information content (AvgIpc) is 3.42. The minimum atomic E-state index is -0.873. The van der Waals surface area contributed by atoms with E-state index in [4.69, 9.17) is 0 Å². The number of hydrogen-bond donors (Lipinski definition) is 3. The lowest BCUT2D eigenvalue weighted by molar-refractivity contribution is -0.123. The zero-order valence-corrected chi connectivity index (χ0v) is 51.3. The standard InChI is InChI=1S/C72H133NO3/c1-3-5-7-9-11-13-15-17-19-21-23-25-27-29-31-32-33-34-35-36-37-38-39-40-42-44-46-48-50-52-54-56-58-60-62-64-66-68-72(76)73-70(69-74)71(75)67-65-63-61-59-57-55-53-51-49-47-45-43-41-30-28-26-24-22-20-18-16-14-12-10-8-6-4-2/h15,17,21,23,27,29,49,51,57,59,65,67,70-71,74-75H,3-14,16,18-20,22,24-26,28,30-48,50,52-56,58,60-64,66,68-69H2,1-2H3,(H,73,76)/b17-15-,23-21-,29-27-,51-49+,59-57+,67-65+. The molecule has 444 valence electrons. The molecule has 0 aliphatic heterocycles. The van der Waals surface area contributed by atoms with E-state index in [1.54, 1.807) is 6.08 Å². The van der Waals surface area contributed by atoms with Gasteiger partial charge in [0.1, 0.15) is 0 Å². The number of carbonyl (C=O) groups is 1. The summed E-state index contributed by atoms with van der Waals surface area (Å²) in [6.45, 7) is 4.31. The highest BCUT2D eigenvalue weighted by atomic mass is 16.3. The normalized spacial score (nSPS) is 13.2. The van der Waals surface area contributed by atoms with E-state index in [1.165, 1.54) is 289 Å². The van der Waals surface area contributed by atoms with Gasteiger partial charge in [0, 0.05) is 6.42 Å². The summed E-state index contributed by atoms with van der Waals surface area (Å²) in [6.07, 6.45) is 97.0. The Hall–Kier alpha value is -2.17. The number of aliphatic hydroxyl groups is 2. The summed E-state index contributed by atoms with van der Waals surface area (Å²) in [5.41, 5.74) is 0. The van der Waals surface area contributed by atoms with Gasteiger partial charge in [-0.1, -0.05) is 344 Å². The zero-order chi connectivity index (χ0) is 54.8. The minimum absolute atomic E-state index is 0.0730. The molecule has 0 saturated heterocycles. The van der Waals surface area contributed by atoms with Crippen LogP contribution in [0.3, 0.4) is 0 Å².